The van der Waals surface area contributed by atoms with E-state index in [-0.39, 0.29) is 16.1 Å². The number of alkyl halides is 3. The first-order valence-electron chi connectivity index (χ1n) is 10.5. The van der Waals surface area contributed by atoms with Crippen LogP contribution in [0.3, 0.4) is 0 Å². The molecule has 0 amide bonds. The zero-order chi connectivity index (χ0) is 26.5. The van der Waals surface area contributed by atoms with E-state index in [0.717, 1.165) is 12.0 Å². The number of aliphatic carboxylic acids is 1. The number of sulfonamides is 1. The monoisotopic (exact) mass is 523 g/mol. The van der Waals surface area contributed by atoms with Crippen molar-refractivity contribution in [1.29, 1.82) is 5.26 Å². The molecule has 3 aliphatic rings. The maximum atomic E-state index is 13.1. The molecule has 0 spiro atoms. The molecule has 2 aromatic heterocycles. The van der Waals surface area contributed by atoms with E-state index in [9.17, 15) is 26.9 Å². The van der Waals surface area contributed by atoms with Gasteiger partial charge in [0.15, 0.2) is 11.5 Å². The maximum absolute atomic E-state index is 13.1. The van der Waals surface area contributed by atoms with Crippen molar-refractivity contribution < 1.29 is 31.5 Å². The molecule has 190 valence electrons. The average Bonchev–Trinajstić information content (AvgIpc) is 3.45. The van der Waals surface area contributed by atoms with Crippen LogP contribution in [-0.2, 0) is 14.8 Å². The van der Waals surface area contributed by atoms with Gasteiger partial charge in [-0.05, 0) is 50.3 Å². The second-order valence-electron chi connectivity index (χ2n) is 8.94. The number of rotatable bonds is 4. The normalized spacial score (nSPS) is 22.9. The number of anilines is 1. The van der Waals surface area contributed by atoms with Crippen molar-refractivity contribution in [2.24, 2.45) is 5.41 Å². The van der Waals surface area contributed by atoms with Gasteiger partial charge in [-0.3, -0.25) is 0 Å². The zero-order valence-electron chi connectivity index (χ0n) is 18.7. The summed E-state index contributed by atoms with van der Waals surface area (Å²) in [5.41, 5.74) is 7.64. The first-order chi connectivity index (χ1) is 16.7. The fraction of sp³-hybridized carbons (Fsp3) is 0.381. The first kappa shape index (κ1) is 25.3. The lowest BCUT2D eigenvalue weighted by Gasteiger charge is -2.43. The SMILES string of the molecule is Cc1ccc(S(=O)(=O)NC23CCC(C#N)(C2)C3)cc1-c1cnc2c(N)ncnn12.O=C(O)C(F)(F)F. The quantitative estimate of drug-likeness (QED) is 0.463. The van der Waals surface area contributed by atoms with Crippen LogP contribution >= 0.6 is 0 Å². The van der Waals surface area contributed by atoms with Crippen LogP contribution in [0.2, 0.25) is 0 Å². The highest BCUT2D eigenvalue weighted by Gasteiger charge is 2.62. The van der Waals surface area contributed by atoms with Gasteiger partial charge in [0.1, 0.15) is 6.33 Å². The summed E-state index contributed by atoms with van der Waals surface area (Å²) in [4.78, 5) is 17.3. The van der Waals surface area contributed by atoms with Gasteiger partial charge in [0, 0.05) is 11.1 Å². The second kappa shape index (κ2) is 8.42. The maximum Gasteiger partial charge on any atom is 0.490 e. The molecular weight excluding hydrogens is 503 g/mol. The number of benzene rings is 1. The molecule has 3 fully saturated rings. The van der Waals surface area contributed by atoms with E-state index in [4.69, 9.17) is 15.6 Å². The van der Waals surface area contributed by atoms with E-state index in [0.29, 0.717) is 36.2 Å². The van der Waals surface area contributed by atoms with Crippen molar-refractivity contribution >= 4 is 27.5 Å². The molecule has 6 rings (SSSR count). The summed E-state index contributed by atoms with van der Waals surface area (Å²) in [5.74, 6) is -2.51. The Bertz CT molecular complexity index is 1510. The lowest BCUT2D eigenvalue weighted by Crippen LogP contribution is -2.55. The highest BCUT2D eigenvalue weighted by Crippen LogP contribution is 2.61. The van der Waals surface area contributed by atoms with Gasteiger partial charge in [-0.15, -0.1) is 0 Å². The molecule has 0 aliphatic heterocycles. The third-order valence-electron chi connectivity index (χ3n) is 6.39. The summed E-state index contributed by atoms with van der Waals surface area (Å²) in [6, 6.07) is 7.33. The number of carboxylic acid groups (broad SMARTS) is 1. The van der Waals surface area contributed by atoms with Gasteiger partial charge in [-0.2, -0.15) is 23.5 Å². The summed E-state index contributed by atoms with van der Waals surface area (Å²) < 4.78 is 62.4. The van der Waals surface area contributed by atoms with Crippen molar-refractivity contribution in [2.75, 3.05) is 5.73 Å². The minimum atomic E-state index is -5.08. The van der Waals surface area contributed by atoms with Crippen LogP contribution in [0.5, 0.6) is 0 Å². The molecule has 2 heterocycles. The molecule has 36 heavy (non-hydrogen) atoms. The predicted molar refractivity (Wildman–Crippen MR) is 119 cm³/mol. The number of hydrogen-bond donors (Lipinski definition) is 3. The molecule has 3 aromatic rings. The highest BCUT2D eigenvalue weighted by molar-refractivity contribution is 7.89. The Morgan fingerprint density at radius 3 is 2.53 bits per heavy atom. The van der Waals surface area contributed by atoms with Crippen molar-refractivity contribution in [1.82, 2.24) is 24.3 Å². The molecule has 1 aromatic carbocycles. The van der Waals surface area contributed by atoms with Crippen LogP contribution in [0.1, 0.15) is 31.2 Å². The molecular formula is C21H20F3N7O4S. The van der Waals surface area contributed by atoms with Crippen molar-refractivity contribution in [3.8, 4) is 17.3 Å². The number of aromatic nitrogens is 4. The van der Waals surface area contributed by atoms with Gasteiger partial charge in [-0.1, -0.05) is 6.07 Å². The Morgan fingerprint density at radius 2 is 1.94 bits per heavy atom. The number of nitrogen functional groups attached to an aromatic ring is 1. The standard InChI is InChI=1S/C19H19N7O2S.C2HF3O2/c1-12-2-3-13(29(27,28)25-19-5-4-18(8-19,9-19)10-20)6-14(12)15-7-22-17-16(21)23-11-24-26(15)17;3-2(4,5)1(6)7/h2-3,6-7,11,25H,4-5,8-9H2,1H3,(H2,21,23,24);(H,6,7). The summed E-state index contributed by atoms with van der Waals surface area (Å²) in [6.07, 6.45) is 0.462. The van der Waals surface area contributed by atoms with Gasteiger partial charge < -0.3 is 10.8 Å². The molecule has 2 bridgehead atoms. The van der Waals surface area contributed by atoms with Gasteiger partial charge >= 0.3 is 12.1 Å². The third-order valence-corrected chi connectivity index (χ3v) is 7.97. The van der Waals surface area contributed by atoms with E-state index in [2.05, 4.69) is 25.9 Å². The van der Waals surface area contributed by atoms with E-state index < -0.39 is 27.7 Å². The molecule has 4 N–H and O–H groups in total. The van der Waals surface area contributed by atoms with Gasteiger partial charge in [-0.25, -0.2) is 32.4 Å². The Morgan fingerprint density at radius 1 is 1.28 bits per heavy atom. The van der Waals surface area contributed by atoms with Gasteiger partial charge in [0.25, 0.3) is 0 Å². The number of nitrogens with one attached hydrogen (secondary N) is 1. The zero-order valence-corrected chi connectivity index (χ0v) is 19.6. The molecule has 3 aliphatic carbocycles. The van der Waals surface area contributed by atoms with Crippen molar-refractivity contribution in [2.45, 2.75) is 49.2 Å². The Labute approximate surface area is 202 Å². The number of imidazole rings is 1. The number of carbonyl (C=O) groups is 1. The summed E-state index contributed by atoms with van der Waals surface area (Å²) in [5, 5.41) is 20.6. The van der Waals surface area contributed by atoms with Gasteiger partial charge in [0.05, 0.1) is 28.3 Å². The lowest BCUT2D eigenvalue weighted by molar-refractivity contribution is -0.192. The Balaban J connectivity index is 0.000000384. The lowest BCUT2D eigenvalue weighted by atomic mass is 9.66. The van der Waals surface area contributed by atoms with E-state index >= 15 is 0 Å². The second-order valence-corrected chi connectivity index (χ2v) is 10.6. The summed E-state index contributed by atoms with van der Waals surface area (Å²) in [6.45, 7) is 1.89. The number of halogens is 3. The number of nitrogens with zero attached hydrogens (tertiary/aromatic N) is 5. The summed E-state index contributed by atoms with van der Waals surface area (Å²) in [7, 11) is -3.74. The van der Waals surface area contributed by atoms with Crippen LogP contribution in [0, 0.1) is 23.7 Å². The largest absolute Gasteiger partial charge is 0.490 e. The first-order valence-corrected chi connectivity index (χ1v) is 12.0. The number of hydrogen-bond acceptors (Lipinski definition) is 8. The molecule has 3 saturated carbocycles. The Hall–Kier alpha value is -3.77. The predicted octanol–water partition coefficient (Wildman–Crippen LogP) is 2.43. The molecule has 0 unspecified atom stereocenters. The topological polar surface area (TPSA) is 176 Å². The fourth-order valence-corrected chi connectivity index (χ4v) is 6.19. The van der Waals surface area contributed by atoms with Crippen LogP contribution in [0.25, 0.3) is 16.9 Å². The summed E-state index contributed by atoms with van der Waals surface area (Å²) >= 11 is 0. The van der Waals surface area contributed by atoms with E-state index in [1.54, 1.807) is 28.9 Å². The van der Waals surface area contributed by atoms with E-state index in [1.807, 2.05) is 6.92 Å². The molecule has 11 nitrogen and oxygen atoms in total. The highest BCUT2D eigenvalue weighted by atomic mass is 32.2. The van der Waals surface area contributed by atoms with Crippen LogP contribution < -0.4 is 10.5 Å². The minimum Gasteiger partial charge on any atom is -0.475 e. The number of aryl methyl sites for hydroxylation is 1. The van der Waals surface area contributed by atoms with Crippen LogP contribution in [0.15, 0.2) is 35.6 Å². The average molecular weight is 523 g/mol. The number of nitrogens with two attached hydrogens (primary N) is 1. The molecule has 0 atom stereocenters. The van der Waals surface area contributed by atoms with Gasteiger partial charge in [0.2, 0.25) is 10.0 Å². The number of nitriles is 1. The molecule has 15 heteroatoms. The molecule has 0 saturated heterocycles. The molecule has 0 radical (unpaired) electrons. The number of fused-ring (bicyclic) bond motifs is 2. The van der Waals surface area contributed by atoms with E-state index in [1.165, 1.54) is 6.33 Å². The fourth-order valence-electron chi connectivity index (χ4n) is 4.74. The number of carboxylic acids is 1. The Kier molecular flexibility index (Phi) is 5.92. The third kappa shape index (κ3) is 4.44. The van der Waals surface area contributed by atoms with Crippen molar-refractivity contribution in [3.05, 3.63) is 36.3 Å². The van der Waals surface area contributed by atoms with Crippen LogP contribution in [0.4, 0.5) is 19.0 Å². The minimum absolute atomic E-state index is 0.172. The smallest absolute Gasteiger partial charge is 0.475 e. The van der Waals surface area contributed by atoms with Crippen LogP contribution in [-0.4, -0.2) is 50.8 Å². The van der Waals surface area contributed by atoms with Crippen molar-refractivity contribution in [3.63, 3.8) is 0 Å².